The Morgan fingerprint density at radius 1 is 1.47 bits per heavy atom. The highest BCUT2D eigenvalue weighted by atomic mass is 19.1. The van der Waals surface area contributed by atoms with Crippen molar-refractivity contribution in [3.05, 3.63) is 29.6 Å². The third-order valence-corrected chi connectivity index (χ3v) is 2.18. The largest absolute Gasteiger partial charge is 0.468 e. The fraction of sp³-hybridized carbons (Fsp3) is 0.273. The lowest BCUT2D eigenvalue weighted by molar-refractivity contribution is -0.141. The van der Waals surface area contributed by atoms with E-state index >= 15 is 0 Å². The molecule has 17 heavy (non-hydrogen) atoms. The van der Waals surface area contributed by atoms with Crippen molar-refractivity contribution in [3.8, 4) is 0 Å². The monoisotopic (exact) mass is 240 g/mol. The molecule has 0 aromatic heterocycles. The number of hydrogen-bond acceptors (Lipinski definition) is 4. The average Bonchev–Trinajstić information content (AvgIpc) is 2.31. The zero-order valence-corrected chi connectivity index (χ0v) is 9.57. The van der Waals surface area contributed by atoms with Crippen LogP contribution in [0.25, 0.3) is 0 Å². The number of carbonyl (C=O) groups is 2. The number of nitrogens with two attached hydrogens (primary N) is 1. The summed E-state index contributed by atoms with van der Waals surface area (Å²) in [6.45, 7) is -0.174. The van der Waals surface area contributed by atoms with Crippen LogP contribution in [0.4, 0.5) is 10.1 Å². The Bertz CT molecular complexity index is 448. The summed E-state index contributed by atoms with van der Waals surface area (Å²) in [6, 6.07) is 3.64. The Balaban J connectivity index is 2.81. The van der Waals surface area contributed by atoms with Crippen LogP contribution in [0.2, 0.25) is 0 Å². The molecule has 0 unspecified atom stereocenters. The van der Waals surface area contributed by atoms with Gasteiger partial charge in [-0.15, -0.1) is 0 Å². The van der Waals surface area contributed by atoms with Gasteiger partial charge in [-0.2, -0.15) is 0 Å². The fourth-order valence-corrected chi connectivity index (χ4v) is 1.23. The van der Waals surface area contributed by atoms with Crippen LogP contribution < -0.4 is 5.73 Å². The van der Waals surface area contributed by atoms with Gasteiger partial charge in [-0.05, 0) is 18.2 Å². The number of anilines is 1. The lowest BCUT2D eigenvalue weighted by atomic mass is 10.1. The number of hydrogen-bond donors (Lipinski definition) is 1. The first-order chi connectivity index (χ1) is 7.95. The number of nitrogens with zero attached hydrogens (tertiary/aromatic N) is 1. The Morgan fingerprint density at radius 3 is 2.65 bits per heavy atom. The molecule has 0 fully saturated rings. The van der Waals surface area contributed by atoms with Gasteiger partial charge in [-0.25, -0.2) is 4.39 Å². The van der Waals surface area contributed by atoms with Gasteiger partial charge in [-0.3, -0.25) is 9.59 Å². The first kappa shape index (κ1) is 13.0. The van der Waals surface area contributed by atoms with Crippen molar-refractivity contribution in [1.82, 2.24) is 4.90 Å². The maximum atomic E-state index is 12.9. The molecule has 1 aromatic rings. The summed E-state index contributed by atoms with van der Waals surface area (Å²) in [5.74, 6) is -1.55. The smallest absolute Gasteiger partial charge is 0.325 e. The van der Waals surface area contributed by atoms with E-state index in [-0.39, 0.29) is 17.8 Å². The minimum absolute atomic E-state index is 0.109. The van der Waals surface area contributed by atoms with Crippen LogP contribution in [0, 0.1) is 5.82 Å². The van der Waals surface area contributed by atoms with Crippen LogP contribution in [-0.2, 0) is 9.53 Å². The molecule has 5 nitrogen and oxygen atoms in total. The van der Waals surface area contributed by atoms with E-state index in [4.69, 9.17) is 5.73 Å². The van der Waals surface area contributed by atoms with Gasteiger partial charge in [0.2, 0.25) is 0 Å². The Kier molecular flexibility index (Phi) is 4.03. The molecule has 1 rings (SSSR count). The highest BCUT2D eigenvalue weighted by molar-refractivity contribution is 5.96. The van der Waals surface area contributed by atoms with Gasteiger partial charge in [0.15, 0.2) is 0 Å². The van der Waals surface area contributed by atoms with Crippen LogP contribution in [0.1, 0.15) is 10.4 Å². The van der Waals surface area contributed by atoms with Crippen LogP contribution in [-0.4, -0.2) is 37.5 Å². The van der Waals surface area contributed by atoms with E-state index in [9.17, 15) is 14.0 Å². The van der Waals surface area contributed by atoms with Crippen molar-refractivity contribution in [2.75, 3.05) is 26.4 Å². The summed E-state index contributed by atoms with van der Waals surface area (Å²) in [6.07, 6.45) is 0. The van der Waals surface area contributed by atoms with Gasteiger partial charge >= 0.3 is 5.97 Å². The Labute approximate surface area is 98.0 Å². The number of esters is 1. The lowest BCUT2D eigenvalue weighted by Gasteiger charge is -2.15. The van der Waals surface area contributed by atoms with Crippen molar-refractivity contribution in [2.45, 2.75) is 0 Å². The quantitative estimate of drug-likeness (QED) is 0.622. The van der Waals surface area contributed by atoms with Gasteiger partial charge in [0, 0.05) is 12.6 Å². The highest BCUT2D eigenvalue weighted by Gasteiger charge is 2.16. The minimum Gasteiger partial charge on any atom is -0.468 e. The molecule has 92 valence electrons. The second-order valence-electron chi connectivity index (χ2n) is 3.47. The summed E-state index contributed by atoms with van der Waals surface area (Å²) >= 11 is 0. The van der Waals surface area contributed by atoms with E-state index in [0.717, 1.165) is 6.07 Å². The molecule has 0 saturated heterocycles. The zero-order chi connectivity index (χ0) is 13.0. The molecule has 0 atom stereocenters. The summed E-state index contributed by atoms with van der Waals surface area (Å²) in [7, 11) is 2.68. The molecular formula is C11H13FN2O3. The summed E-state index contributed by atoms with van der Waals surface area (Å²) in [5.41, 5.74) is 5.46. The highest BCUT2D eigenvalue weighted by Crippen LogP contribution is 2.13. The first-order valence-electron chi connectivity index (χ1n) is 4.83. The molecule has 0 radical (unpaired) electrons. The predicted molar refractivity (Wildman–Crippen MR) is 59.8 cm³/mol. The first-order valence-corrected chi connectivity index (χ1v) is 4.83. The topological polar surface area (TPSA) is 72.6 Å². The number of ether oxygens (including phenoxy) is 1. The predicted octanol–water partition coefficient (Wildman–Crippen LogP) is 0.653. The van der Waals surface area contributed by atoms with Crippen molar-refractivity contribution in [3.63, 3.8) is 0 Å². The average molecular weight is 240 g/mol. The van der Waals surface area contributed by atoms with E-state index in [1.807, 2.05) is 0 Å². The Morgan fingerprint density at radius 2 is 2.12 bits per heavy atom. The molecule has 0 bridgehead atoms. The third kappa shape index (κ3) is 3.17. The standard InChI is InChI=1S/C11H13FN2O3/c1-14(6-10(15)17-2)11(16)7-3-4-8(12)9(13)5-7/h3-5H,6,13H2,1-2H3. The molecule has 1 aromatic carbocycles. The number of methoxy groups -OCH3 is 1. The molecule has 0 spiro atoms. The number of likely N-dealkylation sites (N-methyl/N-ethyl adjacent to an activating group) is 1. The van der Waals surface area contributed by atoms with E-state index in [2.05, 4.69) is 4.74 Å². The Hall–Kier alpha value is -2.11. The number of rotatable bonds is 3. The summed E-state index contributed by atoms with van der Waals surface area (Å²) < 4.78 is 17.3. The van der Waals surface area contributed by atoms with Gasteiger partial charge in [0.25, 0.3) is 5.91 Å². The number of halogens is 1. The fourth-order valence-electron chi connectivity index (χ4n) is 1.23. The van der Waals surface area contributed by atoms with Crippen molar-refractivity contribution < 1.29 is 18.7 Å². The van der Waals surface area contributed by atoms with Crippen molar-refractivity contribution >= 4 is 17.6 Å². The van der Waals surface area contributed by atoms with Gasteiger partial charge in [0.1, 0.15) is 12.4 Å². The van der Waals surface area contributed by atoms with E-state index in [1.165, 1.54) is 31.2 Å². The lowest BCUT2D eigenvalue weighted by Crippen LogP contribution is -2.32. The van der Waals surface area contributed by atoms with Crippen molar-refractivity contribution in [1.29, 1.82) is 0 Å². The van der Waals surface area contributed by atoms with E-state index in [1.54, 1.807) is 0 Å². The maximum absolute atomic E-state index is 12.9. The second-order valence-corrected chi connectivity index (χ2v) is 3.47. The number of amides is 1. The molecule has 0 aliphatic rings. The minimum atomic E-state index is -0.586. The number of carbonyl (C=O) groups excluding carboxylic acids is 2. The molecule has 6 heteroatoms. The van der Waals surface area contributed by atoms with Crippen LogP contribution in [0.3, 0.4) is 0 Å². The third-order valence-electron chi connectivity index (χ3n) is 2.18. The molecule has 0 aliphatic carbocycles. The van der Waals surface area contributed by atoms with Crippen molar-refractivity contribution in [2.24, 2.45) is 0 Å². The summed E-state index contributed by atoms with van der Waals surface area (Å²) in [5, 5.41) is 0. The molecule has 0 saturated carbocycles. The van der Waals surface area contributed by atoms with Crippen LogP contribution in [0.5, 0.6) is 0 Å². The molecule has 1 amide bonds. The van der Waals surface area contributed by atoms with Gasteiger partial charge in [0.05, 0.1) is 12.8 Å². The van der Waals surface area contributed by atoms with E-state index < -0.39 is 17.7 Å². The number of benzene rings is 1. The molecule has 0 aliphatic heterocycles. The second kappa shape index (κ2) is 5.29. The number of nitrogen functional groups attached to an aromatic ring is 1. The summed E-state index contributed by atoms with van der Waals surface area (Å²) in [4.78, 5) is 23.9. The molecule has 0 heterocycles. The maximum Gasteiger partial charge on any atom is 0.325 e. The molecular weight excluding hydrogens is 227 g/mol. The van der Waals surface area contributed by atoms with Gasteiger partial charge < -0.3 is 15.4 Å². The van der Waals surface area contributed by atoms with Gasteiger partial charge in [-0.1, -0.05) is 0 Å². The van der Waals surface area contributed by atoms with E-state index in [0.29, 0.717) is 0 Å². The normalized spacial score (nSPS) is 9.82. The molecule has 2 N–H and O–H groups in total. The van der Waals surface area contributed by atoms with Crippen LogP contribution in [0.15, 0.2) is 18.2 Å². The van der Waals surface area contributed by atoms with Crippen LogP contribution >= 0.6 is 0 Å². The zero-order valence-electron chi connectivity index (χ0n) is 9.57. The SMILES string of the molecule is COC(=O)CN(C)C(=O)c1ccc(F)c(N)c1.